The van der Waals surface area contributed by atoms with Gasteiger partial charge >= 0.3 is 0 Å². The maximum Gasteiger partial charge on any atom is 0.227 e. The van der Waals surface area contributed by atoms with E-state index in [0.717, 1.165) is 56.4 Å². The molecule has 2 fully saturated rings. The van der Waals surface area contributed by atoms with Gasteiger partial charge in [-0.3, -0.25) is 9.79 Å². The predicted molar refractivity (Wildman–Crippen MR) is 103 cm³/mol. The Morgan fingerprint density at radius 1 is 1.27 bits per heavy atom. The lowest BCUT2D eigenvalue weighted by Gasteiger charge is -2.30. The zero-order valence-corrected chi connectivity index (χ0v) is 15.7. The zero-order valence-electron chi connectivity index (χ0n) is 15.7. The summed E-state index contributed by atoms with van der Waals surface area (Å²) in [5, 5.41) is 6.65. The van der Waals surface area contributed by atoms with Crippen LogP contribution < -0.4 is 15.5 Å². The first-order valence-corrected chi connectivity index (χ1v) is 9.29. The van der Waals surface area contributed by atoms with E-state index in [-0.39, 0.29) is 12.0 Å². The number of anilines is 1. The number of nitrogens with one attached hydrogen (secondary N) is 2. The van der Waals surface area contributed by atoms with Gasteiger partial charge in [-0.25, -0.2) is 0 Å². The number of hydrogen-bond donors (Lipinski definition) is 2. The first-order chi connectivity index (χ1) is 12.7. The molecule has 1 unspecified atom stereocenters. The van der Waals surface area contributed by atoms with Crippen LogP contribution >= 0.6 is 0 Å². The minimum Gasteiger partial charge on any atom is -0.374 e. The van der Waals surface area contributed by atoms with Crippen LogP contribution in [0.4, 0.5) is 5.69 Å². The number of likely N-dealkylation sites (N-methyl/N-ethyl adjacent to an activating group) is 1. The SMILES string of the molecule is CN=C(NCc1ccc(N2CCCC2=O)cc1)NCC1CN(C)CCO1. The van der Waals surface area contributed by atoms with Crippen molar-refractivity contribution < 1.29 is 9.53 Å². The Bertz CT molecular complexity index is 631. The summed E-state index contributed by atoms with van der Waals surface area (Å²) in [4.78, 5) is 20.2. The fourth-order valence-electron chi connectivity index (χ4n) is 3.32. The van der Waals surface area contributed by atoms with Gasteiger partial charge in [0.25, 0.3) is 0 Å². The van der Waals surface area contributed by atoms with E-state index in [2.05, 4.69) is 39.7 Å². The number of guanidine groups is 1. The number of hydrogen-bond acceptors (Lipinski definition) is 4. The van der Waals surface area contributed by atoms with Gasteiger partial charge in [0.2, 0.25) is 5.91 Å². The van der Waals surface area contributed by atoms with Gasteiger partial charge in [-0.05, 0) is 31.2 Å². The molecule has 26 heavy (non-hydrogen) atoms. The zero-order chi connectivity index (χ0) is 18.4. The number of amides is 1. The molecule has 0 bridgehead atoms. The summed E-state index contributed by atoms with van der Waals surface area (Å²) in [7, 11) is 3.88. The van der Waals surface area contributed by atoms with Crippen LogP contribution in [0.25, 0.3) is 0 Å². The average Bonchev–Trinajstić information content (AvgIpc) is 3.08. The standard InChI is InChI=1S/C19H29N5O2/c1-20-19(22-13-17-14-23(2)10-11-26-17)21-12-15-5-7-16(8-6-15)24-9-3-4-18(24)25/h5-8,17H,3-4,9-14H2,1-2H3,(H2,20,21,22). The fourth-order valence-corrected chi connectivity index (χ4v) is 3.32. The normalized spacial score (nSPS) is 21.9. The van der Waals surface area contributed by atoms with Crippen molar-refractivity contribution in [3.05, 3.63) is 29.8 Å². The lowest BCUT2D eigenvalue weighted by Crippen LogP contribution is -2.48. The maximum absolute atomic E-state index is 11.8. The molecule has 0 saturated carbocycles. The molecule has 0 aromatic heterocycles. The highest BCUT2D eigenvalue weighted by atomic mass is 16.5. The third-order valence-electron chi connectivity index (χ3n) is 4.84. The van der Waals surface area contributed by atoms with E-state index in [4.69, 9.17) is 4.74 Å². The monoisotopic (exact) mass is 359 g/mol. The molecule has 2 heterocycles. The molecular formula is C19H29N5O2. The third kappa shape index (κ3) is 4.95. The van der Waals surface area contributed by atoms with Crippen LogP contribution in [-0.4, -0.2) is 69.8 Å². The summed E-state index contributed by atoms with van der Waals surface area (Å²) >= 11 is 0. The highest BCUT2D eigenvalue weighted by molar-refractivity contribution is 5.95. The van der Waals surface area contributed by atoms with Crippen LogP contribution in [0.5, 0.6) is 0 Å². The van der Waals surface area contributed by atoms with Crippen LogP contribution in [0.1, 0.15) is 18.4 Å². The summed E-state index contributed by atoms with van der Waals surface area (Å²) in [5.41, 5.74) is 2.13. The summed E-state index contributed by atoms with van der Waals surface area (Å²) in [5.74, 6) is 0.983. The van der Waals surface area contributed by atoms with Crippen molar-refractivity contribution >= 4 is 17.6 Å². The van der Waals surface area contributed by atoms with Gasteiger partial charge in [-0.15, -0.1) is 0 Å². The Morgan fingerprint density at radius 2 is 2.08 bits per heavy atom. The van der Waals surface area contributed by atoms with E-state index >= 15 is 0 Å². The van der Waals surface area contributed by atoms with Gasteiger partial charge in [0, 0.05) is 51.9 Å². The van der Waals surface area contributed by atoms with E-state index in [9.17, 15) is 4.79 Å². The topological polar surface area (TPSA) is 69.2 Å². The molecule has 0 radical (unpaired) electrons. The number of benzene rings is 1. The van der Waals surface area contributed by atoms with Crippen molar-refractivity contribution in [2.75, 3.05) is 51.8 Å². The van der Waals surface area contributed by atoms with E-state index in [1.54, 1.807) is 7.05 Å². The maximum atomic E-state index is 11.8. The predicted octanol–water partition coefficient (Wildman–Crippen LogP) is 0.809. The fraction of sp³-hybridized carbons (Fsp3) is 0.579. The summed E-state index contributed by atoms with van der Waals surface area (Å²) in [6.07, 6.45) is 1.79. The van der Waals surface area contributed by atoms with Crippen molar-refractivity contribution in [1.82, 2.24) is 15.5 Å². The largest absolute Gasteiger partial charge is 0.374 e. The summed E-state index contributed by atoms with van der Waals surface area (Å²) < 4.78 is 5.76. The molecule has 7 nitrogen and oxygen atoms in total. The number of carbonyl (C=O) groups excluding carboxylic acids is 1. The molecule has 3 rings (SSSR count). The molecule has 2 aliphatic heterocycles. The second kappa shape index (κ2) is 9.00. The van der Waals surface area contributed by atoms with Gasteiger partial charge in [0.05, 0.1) is 12.7 Å². The van der Waals surface area contributed by atoms with E-state index in [1.807, 2.05) is 17.0 Å². The molecule has 7 heteroatoms. The average molecular weight is 359 g/mol. The molecular weight excluding hydrogens is 330 g/mol. The minimum absolute atomic E-state index is 0.185. The lowest BCUT2D eigenvalue weighted by atomic mass is 10.2. The van der Waals surface area contributed by atoms with Crippen LogP contribution in [0.15, 0.2) is 29.3 Å². The second-order valence-corrected chi connectivity index (χ2v) is 6.88. The smallest absolute Gasteiger partial charge is 0.227 e. The van der Waals surface area contributed by atoms with Crippen LogP contribution in [0.2, 0.25) is 0 Å². The third-order valence-corrected chi connectivity index (χ3v) is 4.84. The molecule has 2 aliphatic rings. The highest BCUT2D eigenvalue weighted by Gasteiger charge is 2.21. The first-order valence-electron chi connectivity index (χ1n) is 9.29. The Labute approximate surface area is 155 Å². The number of ether oxygens (including phenoxy) is 1. The molecule has 142 valence electrons. The van der Waals surface area contributed by atoms with Crippen molar-refractivity contribution in [2.45, 2.75) is 25.5 Å². The van der Waals surface area contributed by atoms with Gasteiger partial charge in [0.1, 0.15) is 0 Å². The molecule has 1 aromatic carbocycles. The number of aliphatic imine (C=N–C) groups is 1. The summed E-state index contributed by atoms with van der Waals surface area (Å²) in [6.45, 7) is 4.94. The van der Waals surface area contributed by atoms with Gasteiger partial charge < -0.3 is 25.2 Å². The first kappa shape index (κ1) is 18.7. The Morgan fingerprint density at radius 3 is 2.73 bits per heavy atom. The van der Waals surface area contributed by atoms with Crippen molar-refractivity contribution in [2.24, 2.45) is 4.99 Å². The van der Waals surface area contributed by atoms with Gasteiger partial charge in [-0.2, -0.15) is 0 Å². The van der Waals surface area contributed by atoms with Crippen LogP contribution in [-0.2, 0) is 16.1 Å². The molecule has 1 amide bonds. The van der Waals surface area contributed by atoms with Crippen molar-refractivity contribution in [3.8, 4) is 0 Å². The molecule has 1 atom stereocenters. The Balaban J connectivity index is 1.45. The van der Waals surface area contributed by atoms with E-state index in [0.29, 0.717) is 13.0 Å². The molecule has 2 N–H and O–H groups in total. The minimum atomic E-state index is 0.185. The van der Waals surface area contributed by atoms with Crippen molar-refractivity contribution in [1.29, 1.82) is 0 Å². The lowest BCUT2D eigenvalue weighted by molar-refractivity contribution is -0.117. The molecule has 0 spiro atoms. The van der Waals surface area contributed by atoms with E-state index < -0.39 is 0 Å². The molecule has 1 aromatic rings. The van der Waals surface area contributed by atoms with Gasteiger partial charge in [-0.1, -0.05) is 12.1 Å². The number of carbonyl (C=O) groups is 1. The second-order valence-electron chi connectivity index (χ2n) is 6.88. The molecule has 0 aliphatic carbocycles. The molecule has 2 saturated heterocycles. The number of morpholine rings is 1. The number of rotatable bonds is 5. The summed E-state index contributed by atoms with van der Waals surface area (Å²) in [6, 6.07) is 8.14. The number of nitrogens with zero attached hydrogens (tertiary/aromatic N) is 3. The van der Waals surface area contributed by atoms with Crippen molar-refractivity contribution in [3.63, 3.8) is 0 Å². The Kier molecular flexibility index (Phi) is 6.46. The van der Waals surface area contributed by atoms with E-state index in [1.165, 1.54) is 0 Å². The van der Waals surface area contributed by atoms with Crippen LogP contribution in [0.3, 0.4) is 0 Å². The van der Waals surface area contributed by atoms with Gasteiger partial charge in [0.15, 0.2) is 5.96 Å². The van der Waals surface area contributed by atoms with Crippen LogP contribution in [0, 0.1) is 0 Å². The quantitative estimate of drug-likeness (QED) is 0.601. The highest BCUT2D eigenvalue weighted by Crippen LogP contribution is 2.21. The Hall–Kier alpha value is -2.12.